The summed E-state index contributed by atoms with van der Waals surface area (Å²) in [5.41, 5.74) is 5.17. The van der Waals surface area contributed by atoms with Gasteiger partial charge in [0.1, 0.15) is 0 Å². The molecule has 0 heterocycles. The Labute approximate surface area is 120 Å². The maximum absolute atomic E-state index is 3.36. The molecule has 0 radical (unpaired) electrons. The van der Waals surface area contributed by atoms with E-state index in [1.165, 1.54) is 22.3 Å². The summed E-state index contributed by atoms with van der Waals surface area (Å²) in [7, 11) is 0. The first kappa shape index (κ1) is 12.6. The number of hydrogen-bond donors (Lipinski definition) is 0. The van der Waals surface area contributed by atoms with Crippen molar-refractivity contribution in [1.82, 2.24) is 0 Å². The van der Waals surface area contributed by atoms with Crippen LogP contribution in [0.3, 0.4) is 0 Å². The van der Waals surface area contributed by atoms with Crippen LogP contribution in [0.25, 0.3) is 11.6 Å². The molecule has 0 fully saturated rings. The lowest BCUT2D eigenvalue weighted by molar-refractivity contribution is 0.884. The molecular weight excluding hydrogens is 240 g/mol. The van der Waals surface area contributed by atoms with Crippen LogP contribution in [0.15, 0.2) is 48.1 Å². The highest BCUT2D eigenvalue weighted by atomic mass is 14.1. The Hall–Kier alpha value is -2.44. The van der Waals surface area contributed by atoms with Gasteiger partial charge in [-0.05, 0) is 30.0 Å². The van der Waals surface area contributed by atoms with Crippen LogP contribution in [0.1, 0.15) is 36.8 Å². The Bertz CT molecular complexity index is 719. The first-order valence-electron chi connectivity index (χ1n) is 7.07. The normalized spacial score (nSPS) is 19.8. The Morgan fingerprint density at radius 2 is 1.75 bits per heavy atom. The van der Waals surface area contributed by atoms with Crippen molar-refractivity contribution in [3.8, 4) is 23.7 Å². The van der Waals surface area contributed by atoms with E-state index in [0.717, 1.165) is 25.7 Å². The highest BCUT2D eigenvalue weighted by molar-refractivity contribution is 5.86. The number of rotatable bonds is 0. The van der Waals surface area contributed by atoms with E-state index >= 15 is 0 Å². The lowest BCUT2D eigenvalue weighted by atomic mass is 9.88. The summed E-state index contributed by atoms with van der Waals surface area (Å²) in [4.78, 5) is 0. The van der Waals surface area contributed by atoms with Gasteiger partial charge in [-0.3, -0.25) is 0 Å². The van der Waals surface area contributed by atoms with E-state index in [1.807, 2.05) is 18.2 Å². The fourth-order valence-corrected chi connectivity index (χ4v) is 2.56. The molecule has 0 heteroatoms. The monoisotopic (exact) mass is 256 g/mol. The van der Waals surface area contributed by atoms with Crippen LogP contribution in [0.5, 0.6) is 0 Å². The van der Waals surface area contributed by atoms with Gasteiger partial charge in [-0.15, -0.1) is 0 Å². The van der Waals surface area contributed by atoms with E-state index in [-0.39, 0.29) is 0 Å². The van der Waals surface area contributed by atoms with Crippen molar-refractivity contribution in [1.29, 1.82) is 0 Å². The van der Waals surface area contributed by atoms with Gasteiger partial charge in [-0.1, -0.05) is 71.7 Å². The van der Waals surface area contributed by atoms with Crippen LogP contribution < -0.4 is 0 Å². The van der Waals surface area contributed by atoms with Crippen LogP contribution in [0, 0.1) is 23.7 Å². The standard InChI is InChI=1S/C20H16/c1-2-4-6-12-18-14-8-10-16-20(18)19-15-9-7-13-17(19)11-5-3-1/h1,3,5,7,9,11,13,15H,6,8,12,14H2/b3-1-,11-5-. The van der Waals surface area contributed by atoms with E-state index in [9.17, 15) is 0 Å². The minimum absolute atomic E-state index is 0.913. The molecule has 1 aromatic rings. The number of allylic oxidation sites excluding steroid dienone is 5. The summed E-state index contributed by atoms with van der Waals surface area (Å²) < 4.78 is 0. The third-order valence-corrected chi connectivity index (χ3v) is 3.57. The van der Waals surface area contributed by atoms with Gasteiger partial charge in [0.15, 0.2) is 0 Å². The zero-order chi connectivity index (χ0) is 13.6. The average molecular weight is 256 g/mol. The molecule has 0 bridgehead atoms. The molecule has 2 aliphatic rings. The second-order valence-electron chi connectivity index (χ2n) is 4.91. The van der Waals surface area contributed by atoms with Gasteiger partial charge in [0.25, 0.3) is 0 Å². The molecule has 0 aliphatic heterocycles. The summed E-state index contributed by atoms with van der Waals surface area (Å²) in [5, 5.41) is 0. The van der Waals surface area contributed by atoms with Gasteiger partial charge in [0.05, 0.1) is 0 Å². The van der Waals surface area contributed by atoms with Crippen molar-refractivity contribution in [2.75, 3.05) is 0 Å². The summed E-state index contributed by atoms with van der Waals surface area (Å²) in [5.74, 6) is 12.9. The van der Waals surface area contributed by atoms with Crippen molar-refractivity contribution in [2.45, 2.75) is 25.7 Å². The molecule has 0 nitrogen and oxygen atoms in total. The van der Waals surface area contributed by atoms with Gasteiger partial charge in [-0.2, -0.15) is 0 Å². The molecule has 20 heavy (non-hydrogen) atoms. The number of benzene rings is 1. The van der Waals surface area contributed by atoms with Crippen molar-refractivity contribution in [3.63, 3.8) is 0 Å². The van der Waals surface area contributed by atoms with Crippen LogP contribution in [0.2, 0.25) is 0 Å². The van der Waals surface area contributed by atoms with Crippen LogP contribution in [0.4, 0.5) is 0 Å². The average Bonchev–Trinajstić information content (AvgIpc) is 2.49. The first-order chi connectivity index (χ1) is 9.95. The van der Waals surface area contributed by atoms with E-state index < -0.39 is 0 Å². The van der Waals surface area contributed by atoms with Crippen molar-refractivity contribution in [2.24, 2.45) is 0 Å². The predicted molar refractivity (Wildman–Crippen MR) is 85.6 cm³/mol. The Morgan fingerprint density at radius 3 is 2.70 bits per heavy atom. The molecule has 0 aromatic heterocycles. The maximum Gasteiger partial charge on any atom is 0.0316 e. The maximum atomic E-state index is 3.36. The number of fused-ring (bicyclic) bond motifs is 2. The molecule has 0 saturated carbocycles. The van der Waals surface area contributed by atoms with Crippen LogP contribution in [-0.2, 0) is 0 Å². The summed E-state index contributed by atoms with van der Waals surface area (Å²) in [6, 6.07) is 8.50. The highest BCUT2D eigenvalue weighted by Gasteiger charge is 2.12. The fraction of sp³-hybridized carbons (Fsp3) is 0.200. The second-order valence-corrected chi connectivity index (χ2v) is 4.91. The summed E-state index contributed by atoms with van der Waals surface area (Å²) in [6.07, 6.45) is 12.1. The molecule has 3 rings (SSSR count). The fourth-order valence-electron chi connectivity index (χ4n) is 2.56. The van der Waals surface area contributed by atoms with Crippen molar-refractivity contribution < 1.29 is 0 Å². The molecule has 1 aromatic carbocycles. The lowest BCUT2D eigenvalue weighted by Gasteiger charge is -2.15. The van der Waals surface area contributed by atoms with Gasteiger partial charge < -0.3 is 0 Å². The van der Waals surface area contributed by atoms with Gasteiger partial charge in [-0.25, -0.2) is 0 Å². The molecule has 0 N–H and O–H groups in total. The topological polar surface area (TPSA) is 0 Å². The summed E-state index contributed by atoms with van der Waals surface area (Å²) >= 11 is 0. The van der Waals surface area contributed by atoms with E-state index in [4.69, 9.17) is 0 Å². The molecule has 0 saturated heterocycles. The van der Waals surface area contributed by atoms with Crippen LogP contribution >= 0.6 is 0 Å². The predicted octanol–water partition coefficient (Wildman–Crippen LogP) is 4.60. The molecule has 0 unspecified atom stereocenters. The molecule has 0 spiro atoms. The lowest BCUT2D eigenvalue weighted by Crippen LogP contribution is -1.97. The third-order valence-electron chi connectivity index (χ3n) is 3.57. The molecule has 0 amide bonds. The quantitative estimate of drug-likeness (QED) is 0.595. The zero-order valence-electron chi connectivity index (χ0n) is 11.4. The Balaban J connectivity index is 2.15. The van der Waals surface area contributed by atoms with E-state index in [2.05, 4.69) is 54.0 Å². The van der Waals surface area contributed by atoms with E-state index in [0.29, 0.717) is 0 Å². The van der Waals surface area contributed by atoms with Gasteiger partial charge >= 0.3 is 0 Å². The first-order valence-corrected chi connectivity index (χ1v) is 7.07. The van der Waals surface area contributed by atoms with Crippen molar-refractivity contribution in [3.05, 3.63) is 59.2 Å². The number of hydrogen-bond acceptors (Lipinski definition) is 0. The molecule has 0 atom stereocenters. The Morgan fingerprint density at radius 1 is 0.900 bits per heavy atom. The highest BCUT2D eigenvalue weighted by Crippen LogP contribution is 2.30. The SMILES string of the molecule is C1#CCCC2=C(C#CCC2)c2ccccc2/C=C\C=C/1. The molecule has 2 aliphatic carbocycles. The van der Waals surface area contributed by atoms with Gasteiger partial charge in [0, 0.05) is 18.4 Å². The van der Waals surface area contributed by atoms with E-state index in [1.54, 1.807) is 0 Å². The summed E-state index contributed by atoms with van der Waals surface area (Å²) in [6.45, 7) is 0. The smallest absolute Gasteiger partial charge is 0.0316 e. The third kappa shape index (κ3) is 2.76. The Kier molecular flexibility index (Phi) is 3.86. The molecule has 96 valence electrons. The minimum atomic E-state index is 0.913. The molecular formula is C20H16. The van der Waals surface area contributed by atoms with Crippen LogP contribution in [-0.4, -0.2) is 0 Å². The minimum Gasteiger partial charge on any atom is -0.0982 e. The second kappa shape index (κ2) is 6.14. The van der Waals surface area contributed by atoms with Crippen molar-refractivity contribution >= 4 is 11.6 Å². The zero-order valence-corrected chi connectivity index (χ0v) is 11.4. The largest absolute Gasteiger partial charge is 0.0982 e. The van der Waals surface area contributed by atoms with Gasteiger partial charge in [0.2, 0.25) is 0 Å².